The Morgan fingerprint density at radius 3 is 2.95 bits per heavy atom. The second kappa shape index (κ2) is 6.52. The highest BCUT2D eigenvalue weighted by Gasteiger charge is 2.45. The second-order valence-electron chi connectivity index (χ2n) is 5.93. The number of aromatic nitrogens is 1. The van der Waals surface area contributed by atoms with E-state index in [1.54, 1.807) is 19.3 Å². The van der Waals surface area contributed by atoms with Crippen molar-refractivity contribution in [1.82, 2.24) is 10.3 Å². The van der Waals surface area contributed by atoms with Gasteiger partial charge in [-0.1, -0.05) is 6.92 Å². The molecule has 1 saturated carbocycles. The number of thiocarbonyl (C=S) groups is 1. The van der Waals surface area contributed by atoms with Gasteiger partial charge in [-0.15, -0.1) is 0 Å². The molecule has 6 nitrogen and oxygen atoms in total. The first-order valence-corrected chi connectivity index (χ1v) is 7.50. The zero-order chi connectivity index (χ0) is 16.3. The summed E-state index contributed by atoms with van der Waals surface area (Å²) in [7, 11) is 0. The molecule has 1 aliphatic rings. The van der Waals surface area contributed by atoms with Gasteiger partial charge in [0.25, 0.3) is 0 Å². The lowest BCUT2D eigenvalue weighted by atomic mass is 9.67. The lowest BCUT2D eigenvalue weighted by Gasteiger charge is -2.45. The van der Waals surface area contributed by atoms with Gasteiger partial charge in [-0.2, -0.15) is 4.99 Å². The maximum absolute atomic E-state index is 11.0. The number of carbonyl (C=O) groups is 1. The molecule has 0 saturated heterocycles. The van der Waals surface area contributed by atoms with Gasteiger partial charge in [-0.05, 0) is 55.4 Å². The number of hydrogen-bond donors (Lipinski definition) is 3. The predicted octanol–water partition coefficient (Wildman–Crippen LogP) is 2.72. The number of amides is 1. The van der Waals surface area contributed by atoms with E-state index in [1.165, 1.54) is 0 Å². The Hall–Kier alpha value is -1.82. The Morgan fingerprint density at radius 1 is 1.59 bits per heavy atom. The smallest absolute Gasteiger partial charge is 0.404 e. The SMILES string of the molecule is C[C@H]1C[C@@H](c2ccncc2N=C=S)C[C@@H](NC(=O)O)[C@]1(C)O. The quantitative estimate of drug-likeness (QED) is 0.588. The summed E-state index contributed by atoms with van der Waals surface area (Å²) in [4.78, 5) is 19.1. The zero-order valence-corrected chi connectivity index (χ0v) is 13.3. The fraction of sp³-hybridized carbons (Fsp3) is 0.533. The Bertz CT molecular complexity index is 614. The lowest BCUT2D eigenvalue weighted by Crippen LogP contribution is -2.57. The van der Waals surface area contributed by atoms with Crippen molar-refractivity contribution in [3.8, 4) is 0 Å². The number of aliphatic imine (C=N–C) groups is 1. The monoisotopic (exact) mass is 321 g/mol. The molecule has 1 amide bonds. The van der Waals surface area contributed by atoms with E-state index in [1.807, 2.05) is 13.0 Å². The number of isothiocyanates is 1. The fourth-order valence-electron chi connectivity index (χ4n) is 3.12. The van der Waals surface area contributed by atoms with Crippen LogP contribution in [0.2, 0.25) is 0 Å². The van der Waals surface area contributed by atoms with E-state index in [0.29, 0.717) is 12.1 Å². The Labute approximate surface area is 134 Å². The second-order valence-corrected chi connectivity index (χ2v) is 6.12. The molecule has 1 heterocycles. The molecule has 0 spiro atoms. The molecule has 1 aromatic rings. The third-order valence-electron chi connectivity index (χ3n) is 4.60. The predicted molar refractivity (Wildman–Crippen MR) is 85.6 cm³/mol. The van der Waals surface area contributed by atoms with Crippen LogP contribution in [0, 0.1) is 5.92 Å². The van der Waals surface area contributed by atoms with Crippen molar-refractivity contribution in [3.63, 3.8) is 0 Å². The van der Waals surface area contributed by atoms with Crippen LogP contribution in [0.5, 0.6) is 0 Å². The molecule has 1 aromatic heterocycles. The van der Waals surface area contributed by atoms with Crippen LogP contribution in [0.4, 0.5) is 10.5 Å². The average molecular weight is 321 g/mol. The molecular formula is C15H19N3O3S. The largest absolute Gasteiger partial charge is 0.465 e. The fourth-order valence-corrected chi connectivity index (χ4v) is 3.22. The van der Waals surface area contributed by atoms with Crippen molar-refractivity contribution in [2.75, 3.05) is 0 Å². The Balaban J connectivity index is 2.34. The van der Waals surface area contributed by atoms with Crippen molar-refractivity contribution < 1.29 is 15.0 Å². The number of carboxylic acid groups (broad SMARTS) is 1. The van der Waals surface area contributed by atoms with Gasteiger partial charge in [0.1, 0.15) is 0 Å². The highest BCUT2D eigenvalue weighted by Crippen LogP contribution is 2.43. The number of hydrogen-bond acceptors (Lipinski definition) is 5. The highest BCUT2D eigenvalue weighted by atomic mass is 32.1. The van der Waals surface area contributed by atoms with Gasteiger partial charge in [-0.3, -0.25) is 4.98 Å². The van der Waals surface area contributed by atoms with Crippen molar-refractivity contribution in [2.45, 2.75) is 44.2 Å². The molecule has 118 valence electrons. The summed E-state index contributed by atoms with van der Waals surface area (Å²) < 4.78 is 0. The topological polar surface area (TPSA) is 94.8 Å². The minimum Gasteiger partial charge on any atom is -0.465 e. The lowest BCUT2D eigenvalue weighted by molar-refractivity contribution is -0.0558. The number of aliphatic hydroxyl groups is 1. The van der Waals surface area contributed by atoms with E-state index >= 15 is 0 Å². The normalized spacial score (nSPS) is 31.1. The third kappa shape index (κ3) is 3.32. The number of rotatable bonds is 3. The summed E-state index contributed by atoms with van der Waals surface area (Å²) in [5, 5.41) is 24.4. The maximum Gasteiger partial charge on any atom is 0.404 e. The van der Waals surface area contributed by atoms with E-state index in [4.69, 9.17) is 5.11 Å². The van der Waals surface area contributed by atoms with E-state index in [-0.39, 0.29) is 11.8 Å². The highest BCUT2D eigenvalue weighted by molar-refractivity contribution is 7.78. The number of nitrogens with one attached hydrogen (secondary N) is 1. The van der Waals surface area contributed by atoms with Gasteiger partial charge < -0.3 is 15.5 Å². The molecule has 2 rings (SSSR count). The molecule has 0 aliphatic heterocycles. The van der Waals surface area contributed by atoms with Crippen molar-refractivity contribution in [3.05, 3.63) is 24.0 Å². The van der Waals surface area contributed by atoms with Crippen LogP contribution < -0.4 is 5.32 Å². The van der Waals surface area contributed by atoms with Gasteiger partial charge >= 0.3 is 6.09 Å². The third-order valence-corrected chi connectivity index (χ3v) is 4.69. The van der Waals surface area contributed by atoms with Gasteiger partial charge in [0.05, 0.1) is 28.7 Å². The van der Waals surface area contributed by atoms with E-state index < -0.39 is 17.7 Å². The minimum absolute atomic E-state index is 0.0668. The van der Waals surface area contributed by atoms with Crippen LogP contribution in [-0.2, 0) is 0 Å². The number of pyridine rings is 1. The van der Waals surface area contributed by atoms with Crippen LogP contribution in [0.3, 0.4) is 0 Å². The molecule has 0 aromatic carbocycles. The van der Waals surface area contributed by atoms with E-state index in [2.05, 4.69) is 32.7 Å². The number of nitrogens with zero attached hydrogens (tertiary/aromatic N) is 2. The summed E-state index contributed by atoms with van der Waals surface area (Å²) in [6, 6.07) is 1.32. The van der Waals surface area contributed by atoms with Gasteiger partial charge in [0.15, 0.2) is 0 Å². The molecule has 0 unspecified atom stereocenters. The molecule has 0 bridgehead atoms. The van der Waals surface area contributed by atoms with Gasteiger partial charge in [0.2, 0.25) is 0 Å². The van der Waals surface area contributed by atoms with Crippen molar-refractivity contribution in [1.29, 1.82) is 0 Å². The van der Waals surface area contributed by atoms with Crippen LogP contribution in [0.15, 0.2) is 23.5 Å². The molecule has 4 atom stereocenters. The standard InChI is InChI=1S/C15H19N3O3S/c1-9-5-10(6-13(15(9,2)21)18-14(19)20)11-3-4-16-7-12(11)17-8-22/h3-4,7,9-10,13,18,21H,5-6H2,1-2H3,(H,19,20)/t9-,10+,13+,15+/m0/s1. The Morgan fingerprint density at radius 2 is 2.32 bits per heavy atom. The maximum atomic E-state index is 11.0. The first-order chi connectivity index (χ1) is 10.4. The summed E-state index contributed by atoms with van der Waals surface area (Å²) >= 11 is 4.66. The average Bonchev–Trinajstić information content (AvgIpc) is 2.44. The van der Waals surface area contributed by atoms with E-state index in [0.717, 1.165) is 12.0 Å². The Kier molecular flexibility index (Phi) is 4.90. The van der Waals surface area contributed by atoms with Gasteiger partial charge in [0, 0.05) is 6.20 Å². The summed E-state index contributed by atoms with van der Waals surface area (Å²) in [5.41, 5.74) is 0.507. The molecular weight excluding hydrogens is 302 g/mol. The van der Waals surface area contributed by atoms with Crippen molar-refractivity contribution >= 4 is 29.2 Å². The first-order valence-electron chi connectivity index (χ1n) is 7.09. The van der Waals surface area contributed by atoms with Crippen LogP contribution >= 0.6 is 12.2 Å². The summed E-state index contributed by atoms with van der Waals surface area (Å²) in [5.74, 6) is -0.00208. The van der Waals surface area contributed by atoms with Crippen molar-refractivity contribution in [2.24, 2.45) is 10.9 Å². The molecule has 1 aliphatic carbocycles. The van der Waals surface area contributed by atoms with Crippen LogP contribution in [-0.4, -0.2) is 38.1 Å². The molecule has 3 N–H and O–H groups in total. The molecule has 7 heteroatoms. The van der Waals surface area contributed by atoms with Crippen LogP contribution in [0.25, 0.3) is 0 Å². The molecule has 0 radical (unpaired) electrons. The molecule has 22 heavy (non-hydrogen) atoms. The van der Waals surface area contributed by atoms with Gasteiger partial charge in [-0.25, -0.2) is 4.79 Å². The minimum atomic E-state index is -1.13. The zero-order valence-electron chi connectivity index (χ0n) is 12.5. The summed E-state index contributed by atoms with van der Waals surface area (Å²) in [6.07, 6.45) is 3.38. The van der Waals surface area contributed by atoms with Crippen LogP contribution in [0.1, 0.15) is 38.2 Å². The first kappa shape index (κ1) is 16.5. The molecule has 1 fully saturated rings. The summed E-state index contributed by atoms with van der Waals surface area (Å²) in [6.45, 7) is 3.60. The van der Waals surface area contributed by atoms with E-state index in [9.17, 15) is 9.90 Å².